The minimum Gasteiger partial charge on any atom is -0.481 e. The lowest BCUT2D eigenvalue weighted by Gasteiger charge is -2.21. The van der Waals surface area contributed by atoms with E-state index in [9.17, 15) is 9.59 Å². The Morgan fingerprint density at radius 3 is 3.00 bits per heavy atom. The van der Waals surface area contributed by atoms with Crippen molar-refractivity contribution in [2.45, 2.75) is 23.6 Å². The van der Waals surface area contributed by atoms with E-state index in [2.05, 4.69) is 15.6 Å². The van der Waals surface area contributed by atoms with Gasteiger partial charge < -0.3 is 15.4 Å². The fraction of sp³-hybridized carbons (Fsp3) is 0.235. The predicted molar refractivity (Wildman–Crippen MR) is 92.3 cm³/mol. The highest BCUT2D eigenvalue weighted by Gasteiger charge is 2.23. The average Bonchev–Trinajstić information content (AvgIpc) is 2.60. The van der Waals surface area contributed by atoms with Crippen molar-refractivity contribution in [2.75, 3.05) is 12.4 Å². The molecule has 1 aliphatic rings. The van der Waals surface area contributed by atoms with Crippen LogP contribution in [0.25, 0.3) is 0 Å². The third-order valence-corrected chi connectivity index (χ3v) is 4.81. The number of nitrogens with one attached hydrogen (secondary N) is 2. The van der Waals surface area contributed by atoms with E-state index in [1.54, 1.807) is 31.5 Å². The number of hydrogen-bond acceptors (Lipinski definition) is 5. The molecule has 0 bridgehead atoms. The quantitative estimate of drug-likeness (QED) is 0.891. The predicted octanol–water partition coefficient (Wildman–Crippen LogP) is 2.45. The number of thioether (sulfide) groups is 1. The summed E-state index contributed by atoms with van der Waals surface area (Å²) >= 11 is 1.49. The molecule has 1 aromatic carbocycles. The smallest absolute Gasteiger partial charge is 0.251 e. The standard InChI is InChI=1S/C17H17N3O3S/c1-10-16(21)20-13-8-12(3-4-14(13)24-10)17(22)19-9-11-5-6-18-15(7-11)23-2/h3-8,10H,9H2,1-2H3,(H,19,22)(H,20,21)/t10-/m0/s1. The van der Waals surface area contributed by atoms with Gasteiger partial charge in [0.05, 0.1) is 18.0 Å². The average molecular weight is 343 g/mol. The summed E-state index contributed by atoms with van der Waals surface area (Å²) in [5.74, 6) is 0.254. The molecule has 0 unspecified atom stereocenters. The molecular weight excluding hydrogens is 326 g/mol. The highest BCUT2D eigenvalue weighted by molar-refractivity contribution is 8.00. The fourth-order valence-electron chi connectivity index (χ4n) is 2.31. The summed E-state index contributed by atoms with van der Waals surface area (Å²) < 4.78 is 5.06. The monoisotopic (exact) mass is 343 g/mol. The Hall–Kier alpha value is -2.54. The van der Waals surface area contributed by atoms with Gasteiger partial charge in [0, 0.05) is 29.3 Å². The van der Waals surface area contributed by atoms with Crippen molar-refractivity contribution in [2.24, 2.45) is 0 Å². The molecule has 3 rings (SSSR count). The van der Waals surface area contributed by atoms with Crippen molar-refractivity contribution in [3.63, 3.8) is 0 Å². The van der Waals surface area contributed by atoms with E-state index in [4.69, 9.17) is 4.74 Å². The van der Waals surface area contributed by atoms with Gasteiger partial charge in [-0.2, -0.15) is 0 Å². The largest absolute Gasteiger partial charge is 0.481 e. The molecule has 1 aromatic heterocycles. The molecule has 124 valence electrons. The lowest BCUT2D eigenvalue weighted by Crippen LogP contribution is -2.27. The molecule has 0 spiro atoms. The van der Waals surface area contributed by atoms with E-state index in [1.165, 1.54) is 11.8 Å². The van der Waals surface area contributed by atoms with Gasteiger partial charge in [0.1, 0.15) is 0 Å². The summed E-state index contributed by atoms with van der Waals surface area (Å²) in [6, 6.07) is 8.91. The second-order valence-corrected chi connectivity index (χ2v) is 6.73. The number of hydrogen-bond donors (Lipinski definition) is 2. The summed E-state index contributed by atoms with van der Waals surface area (Å²) in [5.41, 5.74) is 2.08. The van der Waals surface area contributed by atoms with Crippen molar-refractivity contribution in [3.8, 4) is 5.88 Å². The van der Waals surface area contributed by atoms with Crippen LogP contribution >= 0.6 is 11.8 Å². The van der Waals surface area contributed by atoms with Crippen LogP contribution in [0.5, 0.6) is 5.88 Å². The van der Waals surface area contributed by atoms with Crippen LogP contribution in [0.1, 0.15) is 22.8 Å². The highest BCUT2D eigenvalue weighted by Crippen LogP contribution is 2.35. The van der Waals surface area contributed by atoms with Gasteiger partial charge in [-0.15, -0.1) is 11.8 Å². The summed E-state index contributed by atoms with van der Waals surface area (Å²) in [6.07, 6.45) is 1.63. The van der Waals surface area contributed by atoms with Gasteiger partial charge in [-0.25, -0.2) is 4.98 Å². The Bertz CT molecular complexity index is 794. The number of benzene rings is 1. The summed E-state index contributed by atoms with van der Waals surface area (Å²) in [4.78, 5) is 29.1. The minimum absolute atomic E-state index is 0.0473. The molecule has 0 saturated heterocycles. The Balaban J connectivity index is 1.69. The molecule has 2 amide bonds. The van der Waals surface area contributed by atoms with Crippen LogP contribution in [-0.4, -0.2) is 29.2 Å². The van der Waals surface area contributed by atoms with Crippen molar-refractivity contribution < 1.29 is 14.3 Å². The van der Waals surface area contributed by atoms with Crippen molar-refractivity contribution in [1.29, 1.82) is 0 Å². The maximum Gasteiger partial charge on any atom is 0.251 e. The highest BCUT2D eigenvalue weighted by atomic mass is 32.2. The number of amides is 2. The van der Waals surface area contributed by atoms with Gasteiger partial charge in [-0.05, 0) is 36.8 Å². The molecule has 1 aliphatic heterocycles. The minimum atomic E-state index is -0.202. The maximum atomic E-state index is 12.3. The number of carbonyl (C=O) groups excluding carboxylic acids is 2. The molecule has 24 heavy (non-hydrogen) atoms. The SMILES string of the molecule is COc1cc(CNC(=O)c2ccc3c(c2)NC(=O)[C@H](C)S3)ccn1. The maximum absolute atomic E-state index is 12.3. The van der Waals surface area contributed by atoms with Gasteiger partial charge >= 0.3 is 0 Å². The van der Waals surface area contributed by atoms with Gasteiger partial charge in [0.25, 0.3) is 5.91 Å². The summed E-state index contributed by atoms with van der Waals surface area (Å²) in [7, 11) is 1.55. The summed E-state index contributed by atoms with van der Waals surface area (Å²) in [6.45, 7) is 2.22. The second kappa shape index (κ2) is 6.92. The van der Waals surface area contributed by atoms with Crippen LogP contribution in [0.2, 0.25) is 0 Å². The first-order chi connectivity index (χ1) is 11.6. The third kappa shape index (κ3) is 3.51. The Morgan fingerprint density at radius 1 is 1.38 bits per heavy atom. The Morgan fingerprint density at radius 2 is 2.21 bits per heavy atom. The van der Waals surface area contributed by atoms with Gasteiger partial charge in [-0.3, -0.25) is 9.59 Å². The van der Waals surface area contributed by atoms with Crippen LogP contribution in [0.4, 0.5) is 5.69 Å². The van der Waals surface area contributed by atoms with Gasteiger partial charge in [0.15, 0.2) is 0 Å². The van der Waals surface area contributed by atoms with Crippen LogP contribution < -0.4 is 15.4 Å². The van der Waals surface area contributed by atoms with E-state index in [0.717, 1.165) is 10.5 Å². The molecule has 2 N–H and O–H groups in total. The zero-order chi connectivity index (χ0) is 17.1. The van der Waals surface area contributed by atoms with Crippen LogP contribution in [-0.2, 0) is 11.3 Å². The van der Waals surface area contributed by atoms with Crippen LogP contribution in [0, 0.1) is 0 Å². The number of fused-ring (bicyclic) bond motifs is 1. The van der Waals surface area contributed by atoms with E-state index in [-0.39, 0.29) is 17.1 Å². The molecule has 0 radical (unpaired) electrons. The molecule has 0 aliphatic carbocycles. The lowest BCUT2D eigenvalue weighted by atomic mass is 10.1. The number of anilines is 1. The van der Waals surface area contributed by atoms with Crippen molar-refractivity contribution >= 4 is 29.3 Å². The second-order valence-electron chi connectivity index (χ2n) is 5.35. The topological polar surface area (TPSA) is 80.3 Å². The van der Waals surface area contributed by atoms with E-state index in [1.807, 2.05) is 19.1 Å². The number of ether oxygens (including phenoxy) is 1. The van der Waals surface area contributed by atoms with Crippen molar-refractivity contribution in [3.05, 3.63) is 47.7 Å². The zero-order valence-corrected chi connectivity index (χ0v) is 14.1. The first-order valence-electron chi connectivity index (χ1n) is 7.45. The number of rotatable bonds is 4. The number of aromatic nitrogens is 1. The normalized spacial score (nSPS) is 16.1. The molecule has 7 heteroatoms. The van der Waals surface area contributed by atoms with Crippen LogP contribution in [0.3, 0.4) is 0 Å². The Kier molecular flexibility index (Phi) is 4.71. The molecule has 2 heterocycles. The molecule has 0 saturated carbocycles. The Labute approximate surface area is 144 Å². The van der Waals surface area contributed by atoms with E-state index >= 15 is 0 Å². The number of methoxy groups -OCH3 is 1. The summed E-state index contributed by atoms with van der Waals surface area (Å²) in [5, 5.41) is 5.55. The van der Waals surface area contributed by atoms with Gasteiger partial charge in [-0.1, -0.05) is 0 Å². The fourth-order valence-corrected chi connectivity index (χ4v) is 3.24. The lowest BCUT2D eigenvalue weighted by molar-refractivity contribution is -0.115. The molecular formula is C17H17N3O3S. The first kappa shape index (κ1) is 16.3. The number of pyridine rings is 1. The molecule has 1 atom stereocenters. The zero-order valence-electron chi connectivity index (χ0n) is 13.3. The van der Waals surface area contributed by atoms with Crippen LogP contribution in [0.15, 0.2) is 41.4 Å². The van der Waals surface area contributed by atoms with Crippen molar-refractivity contribution in [1.82, 2.24) is 10.3 Å². The molecule has 2 aromatic rings. The molecule has 6 nitrogen and oxygen atoms in total. The number of carbonyl (C=O) groups is 2. The third-order valence-electron chi connectivity index (χ3n) is 3.63. The van der Waals surface area contributed by atoms with Gasteiger partial charge in [0.2, 0.25) is 11.8 Å². The van der Waals surface area contributed by atoms with E-state index in [0.29, 0.717) is 23.7 Å². The van der Waals surface area contributed by atoms with E-state index < -0.39 is 0 Å². The first-order valence-corrected chi connectivity index (χ1v) is 8.33. The number of nitrogens with zero attached hydrogens (tertiary/aromatic N) is 1. The molecule has 0 fully saturated rings.